The fourth-order valence-corrected chi connectivity index (χ4v) is 9.94. The highest BCUT2D eigenvalue weighted by Gasteiger charge is 2.42. The van der Waals surface area contributed by atoms with Gasteiger partial charge in [0.2, 0.25) is 0 Å². The van der Waals surface area contributed by atoms with Crippen molar-refractivity contribution in [1.82, 2.24) is 0 Å². The van der Waals surface area contributed by atoms with Gasteiger partial charge >= 0.3 is 0 Å². The van der Waals surface area contributed by atoms with Crippen molar-refractivity contribution in [2.24, 2.45) is 0 Å². The Morgan fingerprint density at radius 3 is 1.37 bits per heavy atom. The van der Waals surface area contributed by atoms with Gasteiger partial charge in [-0.05, 0) is 116 Å². The van der Waals surface area contributed by atoms with E-state index in [1.165, 1.54) is 105 Å². The summed E-state index contributed by atoms with van der Waals surface area (Å²) < 4.78 is 0. The van der Waals surface area contributed by atoms with Crippen molar-refractivity contribution in [3.05, 3.63) is 167 Å². The number of hydrogen-bond acceptors (Lipinski definition) is 0. The zero-order valence-electron chi connectivity index (χ0n) is 31.3. The van der Waals surface area contributed by atoms with E-state index in [9.17, 15) is 0 Å². The largest absolute Gasteiger partial charge is 0.0619 e. The SMILES string of the molecule is CC(C)(C)c1ccc(-c2c3ccccc3c(-c3cc4c(c5c6c(ccc35)C(C)(C)c3ccccc3-6)-c3ccccc3C4(C)C)c3ccccc23)cc1. The van der Waals surface area contributed by atoms with E-state index in [2.05, 4.69) is 188 Å². The van der Waals surface area contributed by atoms with Gasteiger partial charge in [-0.1, -0.05) is 182 Å². The van der Waals surface area contributed by atoms with E-state index in [-0.39, 0.29) is 16.2 Å². The third-order valence-corrected chi connectivity index (χ3v) is 12.6. The molecule has 0 aromatic heterocycles. The molecule has 0 N–H and O–H groups in total. The van der Waals surface area contributed by atoms with E-state index in [1.807, 2.05) is 0 Å². The van der Waals surface area contributed by atoms with Gasteiger partial charge in [-0.2, -0.15) is 0 Å². The van der Waals surface area contributed by atoms with Crippen molar-refractivity contribution in [3.8, 4) is 44.5 Å². The number of hydrogen-bond donors (Lipinski definition) is 0. The first-order valence-corrected chi connectivity index (χ1v) is 18.9. The molecule has 0 saturated carbocycles. The van der Waals surface area contributed by atoms with Crippen LogP contribution in [0.4, 0.5) is 0 Å². The predicted octanol–water partition coefficient (Wildman–Crippen LogP) is 14.4. The number of benzene rings is 8. The first-order chi connectivity index (χ1) is 25.0. The van der Waals surface area contributed by atoms with Crippen molar-refractivity contribution < 1.29 is 0 Å². The van der Waals surface area contributed by atoms with Crippen LogP contribution in [0.3, 0.4) is 0 Å². The molecule has 0 bridgehead atoms. The van der Waals surface area contributed by atoms with Crippen LogP contribution in [-0.4, -0.2) is 0 Å². The van der Waals surface area contributed by atoms with E-state index in [4.69, 9.17) is 0 Å². The van der Waals surface area contributed by atoms with E-state index in [1.54, 1.807) is 0 Å². The Morgan fingerprint density at radius 2 is 0.827 bits per heavy atom. The first kappa shape index (κ1) is 31.3. The minimum absolute atomic E-state index is 0.0831. The predicted molar refractivity (Wildman–Crippen MR) is 224 cm³/mol. The highest BCUT2D eigenvalue weighted by molar-refractivity contribution is 6.26. The van der Waals surface area contributed by atoms with Crippen molar-refractivity contribution in [2.75, 3.05) is 0 Å². The lowest BCUT2D eigenvalue weighted by Gasteiger charge is -2.26. The van der Waals surface area contributed by atoms with Crippen LogP contribution < -0.4 is 0 Å². The molecular weight excluding hydrogens is 625 g/mol. The van der Waals surface area contributed by atoms with Gasteiger partial charge in [0.25, 0.3) is 0 Å². The summed E-state index contributed by atoms with van der Waals surface area (Å²) in [5.41, 5.74) is 17.7. The molecule has 0 radical (unpaired) electrons. The van der Waals surface area contributed by atoms with Crippen molar-refractivity contribution in [3.63, 3.8) is 0 Å². The second kappa shape index (κ2) is 10.5. The molecule has 252 valence electrons. The standard InChI is InChI=1S/C52H44/c1-50(2,3)32-26-24-31(25-27-32)45-33-16-8-10-18-35(33)46(36-19-11-9-17-34(36)45)40-30-44-48(39-21-13-15-23-42(39)52(44,6)7)49-37(40)28-29-43-47(49)38-20-12-14-22-41(38)51(43,4)5/h8-30H,1-7H3. The molecule has 0 spiro atoms. The average Bonchev–Trinajstić information content (AvgIpc) is 3.53. The van der Waals surface area contributed by atoms with Crippen molar-refractivity contribution >= 4 is 32.3 Å². The highest BCUT2D eigenvalue weighted by atomic mass is 14.4. The summed E-state index contributed by atoms with van der Waals surface area (Å²) in [5, 5.41) is 7.91. The quantitative estimate of drug-likeness (QED) is 0.161. The van der Waals surface area contributed by atoms with Crippen LogP contribution in [0, 0.1) is 0 Å². The fraction of sp³-hybridized carbons (Fsp3) is 0.192. The Labute approximate surface area is 307 Å². The molecule has 0 saturated heterocycles. The Balaban J connectivity index is 1.38. The molecule has 8 aromatic rings. The van der Waals surface area contributed by atoms with Gasteiger partial charge in [0, 0.05) is 10.8 Å². The molecule has 0 nitrogen and oxygen atoms in total. The Hall–Kier alpha value is -5.46. The molecule has 0 heterocycles. The van der Waals surface area contributed by atoms with E-state index < -0.39 is 0 Å². The van der Waals surface area contributed by atoms with Gasteiger partial charge < -0.3 is 0 Å². The second-order valence-corrected chi connectivity index (χ2v) is 17.3. The molecule has 2 aliphatic carbocycles. The van der Waals surface area contributed by atoms with Crippen LogP contribution in [0.2, 0.25) is 0 Å². The molecule has 0 unspecified atom stereocenters. The highest BCUT2D eigenvalue weighted by Crippen LogP contribution is 2.59. The van der Waals surface area contributed by atoms with Crippen LogP contribution in [0.5, 0.6) is 0 Å². The van der Waals surface area contributed by atoms with E-state index in [0.29, 0.717) is 0 Å². The Bertz CT molecular complexity index is 2720. The monoisotopic (exact) mass is 668 g/mol. The molecule has 0 atom stereocenters. The van der Waals surface area contributed by atoms with Gasteiger partial charge in [0.05, 0.1) is 0 Å². The molecule has 0 heteroatoms. The van der Waals surface area contributed by atoms with Gasteiger partial charge in [-0.15, -0.1) is 0 Å². The Morgan fingerprint density at radius 1 is 0.365 bits per heavy atom. The lowest BCUT2D eigenvalue weighted by molar-refractivity contribution is 0.590. The smallest absolute Gasteiger partial charge is 0.0159 e. The molecular formula is C52H44. The third kappa shape index (κ3) is 4.10. The Kier molecular flexibility index (Phi) is 6.35. The minimum atomic E-state index is -0.147. The topological polar surface area (TPSA) is 0 Å². The zero-order valence-corrected chi connectivity index (χ0v) is 31.3. The van der Waals surface area contributed by atoms with Crippen molar-refractivity contribution in [1.29, 1.82) is 0 Å². The molecule has 10 rings (SSSR count). The maximum atomic E-state index is 2.57. The normalized spacial score (nSPS) is 15.1. The summed E-state index contributed by atoms with van der Waals surface area (Å²) in [7, 11) is 0. The van der Waals surface area contributed by atoms with E-state index >= 15 is 0 Å². The lowest BCUT2D eigenvalue weighted by Crippen LogP contribution is -2.15. The molecule has 52 heavy (non-hydrogen) atoms. The van der Waals surface area contributed by atoms with Crippen LogP contribution in [0.1, 0.15) is 76.3 Å². The fourth-order valence-electron chi connectivity index (χ4n) is 9.94. The summed E-state index contributed by atoms with van der Waals surface area (Å²) in [6, 6.07) is 53.3. The number of rotatable bonds is 2. The summed E-state index contributed by atoms with van der Waals surface area (Å²) in [4.78, 5) is 0. The summed E-state index contributed by atoms with van der Waals surface area (Å²) in [6.07, 6.45) is 0. The van der Waals surface area contributed by atoms with Gasteiger partial charge in [0.1, 0.15) is 0 Å². The van der Waals surface area contributed by atoms with Crippen LogP contribution >= 0.6 is 0 Å². The molecule has 8 aromatic carbocycles. The zero-order chi connectivity index (χ0) is 35.7. The summed E-state index contributed by atoms with van der Waals surface area (Å²) in [5.74, 6) is 0. The lowest BCUT2D eigenvalue weighted by atomic mass is 9.77. The maximum absolute atomic E-state index is 2.57. The van der Waals surface area contributed by atoms with Gasteiger partial charge in [-0.3, -0.25) is 0 Å². The summed E-state index contributed by atoms with van der Waals surface area (Å²) >= 11 is 0. The maximum Gasteiger partial charge on any atom is 0.0159 e. The molecule has 0 fully saturated rings. The minimum Gasteiger partial charge on any atom is -0.0619 e. The number of fused-ring (bicyclic) bond motifs is 11. The molecule has 0 amide bonds. The third-order valence-electron chi connectivity index (χ3n) is 12.6. The van der Waals surface area contributed by atoms with Crippen LogP contribution in [0.15, 0.2) is 140 Å². The molecule has 0 aliphatic heterocycles. The molecule has 2 aliphatic rings. The van der Waals surface area contributed by atoms with Crippen molar-refractivity contribution in [2.45, 2.75) is 64.7 Å². The first-order valence-electron chi connectivity index (χ1n) is 18.9. The average molecular weight is 669 g/mol. The van der Waals surface area contributed by atoms with Crippen LogP contribution in [-0.2, 0) is 16.2 Å². The second-order valence-electron chi connectivity index (χ2n) is 17.3. The van der Waals surface area contributed by atoms with E-state index in [0.717, 1.165) is 0 Å². The van der Waals surface area contributed by atoms with Gasteiger partial charge in [0.15, 0.2) is 0 Å². The van der Waals surface area contributed by atoms with Gasteiger partial charge in [-0.25, -0.2) is 0 Å². The summed E-state index contributed by atoms with van der Waals surface area (Å²) in [6.45, 7) is 16.5. The van der Waals surface area contributed by atoms with Crippen LogP contribution in [0.25, 0.3) is 76.8 Å².